The van der Waals surface area contributed by atoms with E-state index in [1.165, 1.54) is 38.0 Å². The van der Waals surface area contributed by atoms with E-state index < -0.39 is 0 Å². The van der Waals surface area contributed by atoms with E-state index in [2.05, 4.69) is 22.3 Å². The number of likely N-dealkylation sites (tertiary alicyclic amines) is 1. The van der Waals surface area contributed by atoms with E-state index in [-0.39, 0.29) is 0 Å². The molecule has 2 heterocycles. The summed E-state index contributed by atoms with van der Waals surface area (Å²) in [4.78, 5) is 2.57. The minimum atomic E-state index is 0.732. The van der Waals surface area contributed by atoms with Crippen molar-refractivity contribution < 1.29 is 0 Å². The summed E-state index contributed by atoms with van der Waals surface area (Å²) in [6.45, 7) is 4.72. The second-order valence-corrected chi connectivity index (χ2v) is 5.72. The molecule has 2 aliphatic heterocycles. The molecule has 0 bridgehead atoms. The molecular formula is C14H19ClN2. The molecule has 2 saturated heterocycles. The van der Waals surface area contributed by atoms with Gasteiger partial charge in [0.2, 0.25) is 0 Å². The highest BCUT2D eigenvalue weighted by Crippen LogP contribution is 2.26. The monoisotopic (exact) mass is 250 g/mol. The third kappa shape index (κ3) is 2.65. The predicted molar refractivity (Wildman–Crippen MR) is 71.2 cm³/mol. The molecule has 2 aliphatic rings. The summed E-state index contributed by atoms with van der Waals surface area (Å²) >= 11 is 5.90. The van der Waals surface area contributed by atoms with E-state index in [9.17, 15) is 0 Å². The first-order chi connectivity index (χ1) is 8.31. The van der Waals surface area contributed by atoms with Crippen LogP contribution in [-0.4, -0.2) is 30.6 Å². The maximum absolute atomic E-state index is 5.90. The molecule has 0 aliphatic carbocycles. The summed E-state index contributed by atoms with van der Waals surface area (Å²) in [5.74, 6) is 0.871. The van der Waals surface area contributed by atoms with Crippen molar-refractivity contribution in [3.63, 3.8) is 0 Å². The lowest BCUT2D eigenvalue weighted by molar-refractivity contribution is 0.312. The van der Waals surface area contributed by atoms with Crippen molar-refractivity contribution in [3.05, 3.63) is 34.9 Å². The summed E-state index contributed by atoms with van der Waals surface area (Å²) < 4.78 is 0. The van der Waals surface area contributed by atoms with E-state index in [1.807, 2.05) is 12.1 Å². The van der Waals surface area contributed by atoms with Crippen LogP contribution >= 0.6 is 11.6 Å². The van der Waals surface area contributed by atoms with Gasteiger partial charge in [0.1, 0.15) is 0 Å². The van der Waals surface area contributed by atoms with Crippen LogP contribution in [0.3, 0.4) is 0 Å². The highest BCUT2D eigenvalue weighted by Gasteiger charge is 2.33. The standard InChI is InChI=1S/C14H19ClN2/c15-13-5-3-11(4-6-13)8-17-9-12-2-1-7-16-14(12)10-17/h3-6,12,14,16H,1-2,7-10H2/t12-,14+/m0/s1. The lowest BCUT2D eigenvalue weighted by Crippen LogP contribution is -2.40. The minimum Gasteiger partial charge on any atom is -0.312 e. The van der Waals surface area contributed by atoms with Gasteiger partial charge in [-0.2, -0.15) is 0 Å². The van der Waals surface area contributed by atoms with Crippen molar-refractivity contribution >= 4 is 11.6 Å². The first kappa shape index (κ1) is 11.5. The molecule has 1 aromatic carbocycles. The molecule has 0 saturated carbocycles. The summed E-state index contributed by atoms with van der Waals surface area (Å²) in [5, 5.41) is 4.47. The number of piperidine rings is 1. The fraction of sp³-hybridized carbons (Fsp3) is 0.571. The molecule has 2 fully saturated rings. The van der Waals surface area contributed by atoms with Crippen LogP contribution in [0.15, 0.2) is 24.3 Å². The highest BCUT2D eigenvalue weighted by molar-refractivity contribution is 6.30. The fourth-order valence-corrected chi connectivity index (χ4v) is 3.24. The Bertz CT molecular complexity index is 362. The first-order valence-corrected chi connectivity index (χ1v) is 6.89. The van der Waals surface area contributed by atoms with E-state index >= 15 is 0 Å². The lowest BCUT2D eigenvalue weighted by atomic mass is 9.94. The van der Waals surface area contributed by atoms with Crippen LogP contribution in [0.1, 0.15) is 18.4 Å². The van der Waals surface area contributed by atoms with E-state index in [4.69, 9.17) is 11.6 Å². The molecule has 17 heavy (non-hydrogen) atoms. The fourth-order valence-electron chi connectivity index (χ4n) is 3.11. The first-order valence-electron chi connectivity index (χ1n) is 6.51. The topological polar surface area (TPSA) is 15.3 Å². The van der Waals surface area contributed by atoms with Gasteiger partial charge in [0.15, 0.2) is 0 Å². The van der Waals surface area contributed by atoms with Crippen molar-refractivity contribution in [2.45, 2.75) is 25.4 Å². The number of benzene rings is 1. The van der Waals surface area contributed by atoms with E-state index in [0.717, 1.165) is 23.5 Å². The average molecular weight is 251 g/mol. The number of hydrogen-bond donors (Lipinski definition) is 1. The van der Waals surface area contributed by atoms with Crippen LogP contribution in [0, 0.1) is 5.92 Å². The van der Waals surface area contributed by atoms with Crippen LogP contribution in [0.5, 0.6) is 0 Å². The van der Waals surface area contributed by atoms with Gasteiger partial charge in [0.25, 0.3) is 0 Å². The Hall–Kier alpha value is -0.570. The zero-order chi connectivity index (χ0) is 11.7. The quantitative estimate of drug-likeness (QED) is 0.868. The molecule has 3 rings (SSSR count). The Morgan fingerprint density at radius 1 is 1.24 bits per heavy atom. The molecule has 1 N–H and O–H groups in total. The van der Waals surface area contributed by atoms with Crippen molar-refractivity contribution in [3.8, 4) is 0 Å². The van der Waals surface area contributed by atoms with Gasteiger partial charge in [0.05, 0.1) is 0 Å². The normalized spacial score (nSPS) is 29.2. The highest BCUT2D eigenvalue weighted by atomic mass is 35.5. The molecule has 92 valence electrons. The smallest absolute Gasteiger partial charge is 0.0406 e. The second kappa shape index (κ2) is 4.97. The average Bonchev–Trinajstić information content (AvgIpc) is 2.74. The SMILES string of the molecule is Clc1ccc(CN2C[C@@H]3CCCN[C@@H]3C2)cc1. The number of fused-ring (bicyclic) bond motifs is 1. The number of rotatable bonds is 2. The maximum Gasteiger partial charge on any atom is 0.0406 e. The van der Waals surface area contributed by atoms with Crippen LogP contribution in [0.2, 0.25) is 5.02 Å². The second-order valence-electron chi connectivity index (χ2n) is 5.28. The summed E-state index contributed by atoms with van der Waals surface area (Å²) in [6.07, 6.45) is 2.74. The zero-order valence-corrected chi connectivity index (χ0v) is 10.8. The number of nitrogens with zero attached hydrogens (tertiary/aromatic N) is 1. The van der Waals surface area contributed by atoms with Crippen molar-refractivity contribution in [2.24, 2.45) is 5.92 Å². The van der Waals surface area contributed by atoms with Gasteiger partial charge in [-0.25, -0.2) is 0 Å². The van der Waals surface area contributed by atoms with Crippen LogP contribution in [0.4, 0.5) is 0 Å². The van der Waals surface area contributed by atoms with E-state index in [1.54, 1.807) is 0 Å². The predicted octanol–water partition coefficient (Wildman–Crippen LogP) is 2.52. The van der Waals surface area contributed by atoms with Gasteiger partial charge < -0.3 is 5.32 Å². The zero-order valence-electron chi connectivity index (χ0n) is 10.0. The Labute approximate surface area is 108 Å². The summed E-state index contributed by atoms with van der Waals surface area (Å²) in [5.41, 5.74) is 1.37. The lowest BCUT2D eigenvalue weighted by Gasteiger charge is -2.24. The summed E-state index contributed by atoms with van der Waals surface area (Å²) in [6, 6.07) is 8.97. The molecule has 3 heteroatoms. The third-order valence-corrected chi connectivity index (χ3v) is 4.25. The van der Waals surface area contributed by atoms with Gasteiger partial charge in [-0.1, -0.05) is 23.7 Å². The van der Waals surface area contributed by atoms with Crippen molar-refractivity contribution in [2.75, 3.05) is 19.6 Å². The van der Waals surface area contributed by atoms with Crippen LogP contribution in [0.25, 0.3) is 0 Å². The number of hydrogen-bond acceptors (Lipinski definition) is 2. The molecule has 0 spiro atoms. The van der Waals surface area contributed by atoms with Gasteiger partial charge in [-0.3, -0.25) is 4.90 Å². The van der Waals surface area contributed by atoms with Crippen molar-refractivity contribution in [1.82, 2.24) is 10.2 Å². The van der Waals surface area contributed by atoms with Gasteiger partial charge in [-0.05, 0) is 43.0 Å². The van der Waals surface area contributed by atoms with Crippen LogP contribution in [-0.2, 0) is 6.54 Å². The molecule has 2 atom stereocenters. The molecule has 0 unspecified atom stereocenters. The van der Waals surface area contributed by atoms with E-state index in [0.29, 0.717) is 0 Å². The third-order valence-electron chi connectivity index (χ3n) is 3.99. The van der Waals surface area contributed by atoms with Gasteiger partial charge >= 0.3 is 0 Å². The molecular weight excluding hydrogens is 232 g/mol. The molecule has 0 radical (unpaired) electrons. The molecule has 0 amide bonds. The van der Waals surface area contributed by atoms with Gasteiger partial charge in [-0.15, -0.1) is 0 Å². The van der Waals surface area contributed by atoms with Crippen LogP contribution < -0.4 is 5.32 Å². The Kier molecular flexibility index (Phi) is 3.37. The Morgan fingerprint density at radius 3 is 2.82 bits per heavy atom. The Morgan fingerprint density at radius 2 is 2.06 bits per heavy atom. The minimum absolute atomic E-state index is 0.732. The molecule has 0 aromatic heterocycles. The Balaban J connectivity index is 1.61. The van der Waals surface area contributed by atoms with Crippen molar-refractivity contribution in [1.29, 1.82) is 0 Å². The largest absolute Gasteiger partial charge is 0.312 e. The number of halogens is 1. The van der Waals surface area contributed by atoms with Gasteiger partial charge in [0, 0.05) is 30.7 Å². The number of nitrogens with one attached hydrogen (secondary N) is 1. The summed E-state index contributed by atoms with van der Waals surface area (Å²) in [7, 11) is 0. The maximum atomic E-state index is 5.90. The molecule has 1 aromatic rings. The molecule has 2 nitrogen and oxygen atoms in total.